The Morgan fingerprint density at radius 2 is 1.86 bits per heavy atom. The van der Waals surface area contributed by atoms with E-state index in [2.05, 4.69) is 30.0 Å². The van der Waals surface area contributed by atoms with Gasteiger partial charge >= 0.3 is 0 Å². The molecule has 0 aromatic rings. The van der Waals surface area contributed by atoms with Crippen molar-refractivity contribution in [3.8, 4) is 12.3 Å². The van der Waals surface area contributed by atoms with Crippen molar-refractivity contribution >= 4 is 0 Å². The molecule has 1 fully saturated rings. The van der Waals surface area contributed by atoms with E-state index in [9.17, 15) is 0 Å². The molecule has 2 heteroatoms. The molecule has 1 atom stereocenters. The van der Waals surface area contributed by atoms with Crippen molar-refractivity contribution in [1.29, 1.82) is 0 Å². The van der Waals surface area contributed by atoms with Gasteiger partial charge in [0, 0.05) is 5.54 Å². The monoisotopic (exact) mass is 194 g/mol. The smallest absolute Gasteiger partial charge is 0.0865 e. The standard InChI is InChI=1S/C12H22N2/c1-5-11(13-4)12(2,3)14-9-7-6-8-10-14/h1,11,13H,6-10H2,2-4H3. The molecule has 1 N–H and O–H groups in total. The normalized spacial score (nSPS) is 21.6. The molecule has 0 amide bonds. The van der Waals surface area contributed by atoms with E-state index in [-0.39, 0.29) is 11.6 Å². The van der Waals surface area contributed by atoms with E-state index in [1.54, 1.807) is 0 Å². The zero-order valence-electron chi connectivity index (χ0n) is 9.64. The first kappa shape index (κ1) is 11.6. The molecule has 0 spiro atoms. The molecular formula is C12H22N2. The van der Waals surface area contributed by atoms with E-state index in [1.807, 2.05) is 7.05 Å². The van der Waals surface area contributed by atoms with Crippen LogP contribution in [0.2, 0.25) is 0 Å². The predicted octanol–water partition coefficient (Wildman–Crippen LogP) is 1.47. The summed E-state index contributed by atoms with van der Waals surface area (Å²) in [5.74, 6) is 2.84. The van der Waals surface area contributed by atoms with Gasteiger partial charge in [-0.2, -0.15) is 0 Å². The number of rotatable bonds is 3. The summed E-state index contributed by atoms with van der Waals surface area (Å²) in [7, 11) is 1.94. The van der Waals surface area contributed by atoms with Gasteiger partial charge in [0.15, 0.2) is 0 Å². The fourth-order valence-corrected chi connectivity index (χ4v) is 2.29. The van der Waals surface area contributed by atoms with Crippen LogP contribution in [-0.4, -0.2) is 36.6 Å². The molecule has 0 radical (unpaired) electrons. The molecule has 1 rings (SSSR count). The quantitative estimate of drug-likeness (QED) is 0.685. The maximum atomic E-state index is 5.54. The number of likely N-dealkylation sites (N-methyl/N-ethyl adjacent to an activating group) is 1. The first-order valence-corrected chi connectivity index (χ1v) is 5.51. The lowest BCUT2D eigenvalue weighted by Crippen LogP contribution is -2.57. The predicted molar refractivity (Wildman–Crippen MR) is 61.2 cm³/mol. The van der Waals surface area contributed by atoms with Crippen LogP contribution in [0.1, 0.15) is 33.1 Å². The van der Waals surface area contributed by atoms with E-state index in [0.717, 1.165) is 0 Å². The van der Waals surface area contributed by atoms with Crippen molar-refractivity contribution in [2.24, 2.45) is 0 Å². The summed E-state index contributed by atoms with van der Waals surface area (Å²) in [6, 6.07) is 0.139. The Bertz CT molecular complexity index is 209. The third kappa shape index (κ3) is 2.29. The van der Waals surface area contributed by atoms with Crippen molar-refractivity contribution in [3.63, 3.8) is 0 Å². The Labute approximate surface area is 88.1 Å². The number of nitrogens with zero attached hydrogens (tertiary/aromatic N) is 1. The van der Waals surface area contributed by atoms with E-state index in [4.69, 9.17) is 6.42 Å². The van der Waals surface area contributed by atoms with Crippen LogP contribution in [0.25, 0.3) is 0 Å². The maximum Gasteiger partial charge on any atom is 0.0865 e. The van der Waals surface area contributed by atoms with Crippen LogP contribution in [0.15, 0.2) is 0 Å². The fourth-order valence-electron chi connectivity index (χ4n) is 2.29. The molecule has 0 aliphatic carbocycles. The lowest BCUT2D eigenvalue weighted by Gasteiger charge is -2.44. The van der Waals surface area contributed by atoms with Gasteiger partial charge in [0.1, 0.15) is 0 Å². The van der Waals surface area contributed by atoms with Gasteiger partial charge in [-0.05, 0) is 46.8 Å². The number of nitrogens with one attached hydrogen (secondary N) is 1. The summed E-state index contributed by atoms with van der Waals surface area (Å²) in [6.45, 7) is 6.85. The van der Waals surface area contributed by atoms with Crippen LogP contribution in [0.3, 0.4) is 0 Å². The van der Waals surface area contributed by atoms with Crippen LogP contribution in [0.5, 0.6) is 0 Å². The Hall–Kier alpha value is -0.520. The number of likely N-dealkylation sites (tertiary alicyclic amines) is 1. The van der Waals surface area contributed by atoms with Crippen LogP contribution in [0.4, 0.5) is 0 Å². The maximum absolute atomic E-state index is 5.54. The van der Waals surface area contributed by atoms with E-state index in [1.165, 1.54) is 32.4 Å². The van der Waals surface area contributed by atoms with Gasteiger partial charge in [0.25, 0.3) is 0 Å². The largest absolute Gasteiger partial charge is 0.305 e. The second-order valence-electron chi connectivity index (χ2n) is 4.59. The van der Waals surface area contributed by atoms with Crippen molar-refractivity contribution in [1.82, 2.24) is 10.2 Å². The van der Waals surface area contributed by atoms with Gasteiger partial charge in [-0.25, -0.2) is 0 Å². The highest BCUT2D eigenvalue weighted by molar-refractivity contribution is 5.10. The zero-order chi connectivity index (χ0) is 10.6. The number of piperidine rings is 1. The molecule has 80 valence electrons. The fraction of sp³-hybridized carbons (Fsp3) is 0.833. The third-order valence-electron chi connectivity index (χ3n) is 3.33. The minimum atomic E-state index is 0.0733. The third-order valence-corrected chi connectivity index (χ3v) is 3.33. The van der Waals surface area contributed by atoms with Gasteiger partial charge in [0.2, 0.25) is 0 Å². The zero-order valence-corrected chi connectivity index (χ0v) is 9.64. The van der Waals surface area contributed by atoms with Crippen LogP contribution in [0, 0.1) is 12.3 Å². The van der Waals surface area contributed by atoms with Gasteiger partial charge in [0.05, 0.1) is 6.04 Å². The lowest BCUT2D eigenvalue weighted by molar-refractivity contribution is 0.0795. The molecule has 1 unspecified atom stereocenters. The van der Waals surface area contributed by atoms with Crippen molar-refractivity contribution < 1.29 is 0 Å². The van der Waals surface area contributed by atoms with Crippen molar-refractivity contribution in [2.75, 3.05) is 20.1 Å². The second-order valence-corrected chi connectivity index (χ2v) is 4.59. The second kappa shape index (κ2) is 4.82. The molecule has 2 nitrogen and oxygen atoms in total. The van der Waals surface area contributed by atoms with E-state index >= 15 is 0 Å². The summed E-state index contributed by atoms with van der Waals surface area (Å²) in [5.41, 5.74) is 0.0733. The highest BCUT2D eigenvalue weighted by atomic mass is 15.2. The molecule has 0 aromatic heterocycles. The molecule has 1 aliphatic rings. The van der Waals surface area contributed by atoms with Crippen LogP contribution < -0.4 is 5.32 Å². The molecule has 0 aromatic carbocycles. The SMILES string of the molecule is C#CC(NC)C(C)(C)N1CCCCC1. The summed E-state index contributed by atoms with van der Waals surface area (Å²) < 4.78 is 0. The van der Waals surface area contributed by atoms with E-state index in [0.29, 0.717) is 0 Å². The van der Waals surface area contributed by atoms with Crippen LogP contribution in [-0.2, 0) is 0 Å². The van der Waals surface area contributed by atoms with Gasteiger partial charge in [-0.15, -0.1) is 6.42 Å². The Morgan fingerprint density at radius 1 is 1.29 bits per heavy atom. The Kier molecular flexibility index (Phi) is 3.97. The molecule has 0 bridgehead atoms. The average Bonchev–Trinajstić information content (AvgIpc) is 2.20. The van der Waals surface area contributed by atoms with Gasteiger partial charge in [-0.3, -0.25) is 4.90 Å². The average molecular weight is 194 g/mol. The highest BCUT2D eigenvalue weighted by Gasteiger charge is 2.33. The molecule has 14 heavy (non-hydrogen) atoms. The summed E-state index contributed by atoms with van der Waals surface area (Å²) in [6.07, 6.45) is 9.52. The lowest BCUT2D eigenvalue weighted by atomic mass is 9.90. The topological polar surface area (TPSA) is 15.3 Å². The summed E-state index contributed by atoms with van der Waals surface area (Å²) in [4.78, 5) is 2.51. The number of hydrogen-bond donors (Lipinski definition) is 1. The number of hydrogen-bond acceptors (Lipinski definition) is 2. The Balaban J connectivity index is 2.66. The minimum absolute atomic E-state index is 0.0733. The Morgan fingerprint density at radius 3 is 2.29 bits per heavy atom. The summed E-state index contributed by atoms with van der Waals surface area (Å²) in [5, 5.41) is 3.21. The minimum Gasteiger partial charge on any atom is -0.305 e. The van der Waals surface area contributed by atoms with Gasteiger partial charge in [-0.1, -0.05) is 12.3 Å². The molecule has 0 saturated carbocycles. The number of terminal acetylenes is 1. The molecule has 1 aliphatic heterocycles. The highest BCUT2D eigenvalue weighted by Crippen LogP contribution is 2.23. The first-order valence-electron chi connectivity index (χ1n) is 5.51. The summed E-state index contributed by atoms with van der Waals surface area (Å²) >= 11 is 0. The van der Waals surface area contributed by atoms with E-state index < -0.39 is 0 Å². The van der Waals surface area contributed by atoms with Gasteiger partial charge < -0.3 is 5.32 Å². The first-order chi connectivity index (χ1) is 6.62. The van der Waals surface area contributed by atoms with Crippen molar-refractivity contribution in [3.05, 3.63) is 0 Å². The van der Waals surface area contributed by atoms with Crippen LogP contribution >= 0.6 is 0 Å². The van der Waals surface area contributed by atoms with Crippen molar-refractivity contribution in [2.45, 2.75) is 44.7 Å². The molecular weight excluding hydrogens is 172 g/mol. The molecule has 1 saturated heterocycles. The molecule has 1 heterocycles.